The summed E-state index contributed by atoms with van der Waals surface area (Å²) in [5, 5.41) is 3.57. The molecule has 0 unspecified atom stereocenters. The lowest BCUT2D eigenvalue weighted by molar-refractivity contribution is 0.0954. The Hall–Kier alpha value is -2.08. The summed E-state index contributed by atoms with van der Waals surface area (Å²) in [5.41, 5.74) is 1.03. The van der Waals surface area contributed by atoms with Crippen LogP contribution in [-0.4, -0.2) is 33.4 Å². The molecule has 2 N–H and O–H groups in total. The lowest BCUT2D eigenvalue weighted by atomic mass is 10.2. The molecule has 0 atom stereocenters. The van der Waals surface area contributed by atoms with E-state index in [9.17, 15) is 9.59 Å². The molecule has 2 heterocycles. The van der Waals surface area contributed by atoms with Crippen LogP contribution in [0.2, 0.25) is 0 Å². The predicted octanol–water partition coefficient (Wildman–Crippen LogP) is 2.84. The first-order chi connectivity index (χ1) is 11.7. The number of pyridine rings is 2. The van der Waals surface area contributed by atoms with Gasteiger partial charge in [0.1, 0.15) is 5.56 Å². The largest absolute Gasteiger partial charge is 0.351 e. The summed E-state index contributed by atoms with van der Waals surface area (Å²) in [6.45, 7) is 0.585. The number of amides is 1. The number of rotatable bonds is 6. The van der Waals surface area contributed by atoms with Crippen molar-refractivity contribution in [2.45, 2.75) is 30.9 Å². The number of hydrogen-bond donors (Lipinski definition) is 2. The Morgan fingerprint density at radius 3 is 2.79 bits per heavy atom. The van der Waals surface area contributed by atoms with Crippen LogP contribution >= 0.6 is 11.8 Å². The fraction of sp³-hybridized carbons (Fsp3) is 0.389. The molecule has 0 aromatic carbocycles. The van der Waals surface area contributed by atoms with E-state index < -0.39 is 0 Å². The van der Waals surface area contributed by atoms with Crippen LogP contribution in [0.3, 0.4) is 0 Å². The van der Waals surface area contributed by atoms with E-state index in [0.29, 0.717) is 17.9 Å². The van der Waals surface area contributed by atoms with E-state index in [1.807, 2.05) is 30.0 Å². The summed E-state index contributed by atoms with van der Waals surface area (Å²) in [4.78, 5) is 31.2. The maximum Gasteiger partial charge on any atom is 0.261 e. The molecule has 1 aliphatic carbocycles. The quantitative estimate of drug-likeness (QED) is 0.791. The Bertz CT molecular complexity index is 739. The molecule has 2 aromatic rings. The number of H-pyrrole nitrogens is 1. The summed E-state index contributed by atoms with van der Waals surface area (Å²) in [6, 6.07) is 8.75. The first kappa shape index (κ1) is 16.8. The predicted molar refractivity (Wildman–Crippen MR) is 97.3 cm³/mol. The zero-order chi connectivity index (χ0) is 16.8. The highest BCUT2D eigenvalue weighted by Gasteiger charge is 2.15. The van der Waals surface area contributed by atoms with E-state index in [0.717, 1.165) is 11.0 Å². The molecular weight excluding hydrogens is 322 g/mol. The molecule has 24 heavy (non-hydrogen) atoms. The van der Waals surface area contributed by atoms with E-state index in [2.05, 4.69) is 15.3 Å². The molecule has 0 bridgehead atoms. The molecular formula is C18H21N3O2S. The first-order valence-electron chi connectivity index (χ1n) is 8.28. The van der Waals surface area contributed by atoms with Gasteiger partial charge in [-0.2, -0.15) is 11.8 Å². The van der Waals surface area contributed by atoms with E-state index in [4.69, 9.17) is 0 Å². The summed E-state index contributed by atoms with van der Waals surface area (Å²) in [5.74, 6) is 0.566. The second kappa shape index (κ2) is 8.15. The highest BCUT2D eigenvalue weighted by molar-refractivity contribution is 7.99. The number of aromatic amines is 1. The van der Waals surface area contributed by atoms with Gasteiger partial charge >= 0.3 is 0 Å². The van der Waals surface area contributed by atoms with E-state index in [-0.39, 0.29) is 17.0 Å². The second-order valence-electron chi connectivity index (χ2n) is 5.86. The van der Waals surface area contributed by atoms with Gasteiger partial charge in [0.15, 0.2) is 0 Å². The van der Waals surface area contributed by atoms with Crippen LogP contribution < -0.4 is 10.9 Å². The zero-order valence-corrected chi connectivity index (χ0v) is 14.3. The summed E-state index contributed by atoms with van der Waals surface area (Å²) in [7, 11) is 0. The van der Waals surface area contributed by atoms with Gasteiger partial charge in [0.2, 0.25) is 0 Å². The number of aromatic nitrogens is 2. The van der Waals surface area contributed by atoms with E-state index >= 15 is 0 Å². The van der Waals surface area contributed by atoms with Crippen molar-refractivity contribution in [1.29, 1.82) is 0 Å². The van der Waals surface area contributed by atoms with Crippen LogP contribution in [0.1, 0.15) is 36.0 Å². The van der Waals surface area contributed by atoms with Crippen molar-refractivity contribution in [2.24, 2.45) is 0 Å². The SMILES string of the molecule is O=C(NCCSC1CCCC1)c1ccc(-c2ccccn2)[nH]c1=O. The number of carbonyl (C=O) groups is 1. The van der Waals surface area contributed by atoms with Crippen LogP contribution in [0.5, 0.6) is 0 Å². The van der Waals surface area contributed by atoms with Crippen LogP contribution in [-0.2, 0) is 0 Å². The van der Waals surface area contributed by atoms with Crippen molar-refractivity contribution >= 4 is 17.7 Å². The van der Waals surface area contributed by atoms with E-state index in [1.165, 1.54) is 25.7 Å². The van der Waals surface area contributed by atoms with Gasteiger partial charge in [-0.05, 0) is 37.1 Å². The average molecular weight is 343 g/mol. The molecule has 6 heteroatoms. The van der Waals surface area contributed by atoms with Crippen molar-refractivity contribution < 1.29 is 4.79 Å². The molecule has 1 amide bonds. The van der Waals surface area contributed by atoms with Crippen molar-refractivity contribution in [3.05, 3.63) is 52.4 Å². The Morgan fingerprint density at radius 2 is 2.08 bits per heavy atom. The first-order valence-corrected chi connectivity index (χ1v) is 9.33. The molecule has 1 saturated carbocycles. The molecule has 2 aromatic heterocycles. The minimum absolute atomic E-state index is 0.139. The molecule has 0 radical (unpaired) electrons. The number of carbonyl (C=O) groups excluding carboxylic acids is 1. The Morgan fingerprint density at radius 1 is 1.25 bits per heavy atom. The lowest BCUT2D eigenvalue weighted by Gasteiger charge is -2.09. The molecule has 0 saturated heterocycles. The smallest absolute Gasteiger partial charge is 0.261 e. The van der Waals surface area contributed by atoms with Gasteiger partial charge in [0.25, 0.3) is 11.5 Å². The molecule has 3 rings (SSSR count). The maximum absolute atomic E-state index is 12.2. The molecule has 1 fully saturated rings. The van der Waals surface area contributed by atoms with Gasteiger partial charge in [-0.3, -0.25) is 14.6 Å². The van der Waals surface area contributed by atoms with Crippen molar-refractivity contribution in [3.63, 3.8) is 0 Å². The number of nitrogens with zero attached hydrogens (tertiary/aromatic N) is 1. The van der Waals surface area contributed by atoms with E-state index in [1.54, 1.807) is 18.3 Å². The van der Waals surface area contributed by atoms with Gasteiger partial charge < -0.3 is 10.3 Å². The number of thioether (sulfide) groups is 1. The fourth-order valence-electron chi connectivity index (χ4n) is 2.86. The highest BCUT2D eigenvalue weighted by atomic mass is 32.2. The second-order valence-corrected chi connectivity index (χ2v) is 7.27. The topological polar surface area (TPSA) is 74.8 Å². The summed E-state index contributed by atoms with van der Waals surface area (Å²) >= 11 is 1.92. The van der Waals surface area contributed by atoms with Crippen molar-refractivity contribution in [1.82, 2.24) is 15.3 Å². The van der Waals surface area contributed by atoms with Gasteiger partial charge in [0.05, 0.1) is 11.4 Å². The standard InChI is InChI=1S/C18H21N3O2S/c22-17(20-11-12-24-13-5-1-2-6-13)14-8-9-16(21-18(14)23)15-7-3-4-10-19-15/h3-4,7-10,13H,1-2,5-6,11-12H2,(H,20,22)(H,21,23). The zero-order valence-electron chi connectivity index (χ0n) is 13.5. The van der Waals surface area contributed by atoms with Crippen LogP contribution in [0.15, 0.2) is 41.3 Å². The Kier molecular flexibility index (Phi) is 5.69. The van der Waals surface area contributed by atoms with Crippen molar-refractivity contribution in [2.75, 3.05) is 12.3 Å². The molecule has 126 valence electrons. The summed E-state index contributed by atoms with van der Waals surface area (Å²) in [6.07, 6.45) is 6.88. The fourth-order valence-corrected chi connectivity index (χ4v) is 4.08. The minimum Gasteiger partial charge on any atom is -0.351 e. The summed E-state index contributed by atoms with van der Waals surface area (Å²) < 4.78 is 0. The number of nitrogens with one attached hydrogen (secondary N) is 2. The Balaban J connectivity index is 1.56. The molecule has 5 nitrogen and oxygen atoms in total. The minimum atomic E-state index is -0.390. The average Bonchev–Trinajstić information content (AvgIpc) is 3.12. The molecule has 0 spiro atoms. The highest BCUT2D eigenvalue weighted by Crippen LogP contribution is 2.28. The Labute approximate surface area is 145 Å². The third-order valence-corrected chi connectivity index (χ3v) is 5.52. The monoisotopic (exact) mass is 343 g/mol. The van der Waals surface area contributed by atoms with Gasteiger partial charge in [-0.1, -0.05) is 18.9 Å². The normalized spacial score (nSPS) is 14.7. The van der Waals surface area contributed by atoms with Crippen molar-refractivity contribution in [3.8, 4) is 11.4 Å². The lowest BCUT2D eigenvalue weighted by Crippen LogP contribution is -2.31. The van der Waals surface area contributed by atoms with Crippen LogP contribution in [0, 0.1) is 0 Å². The van der Waals surface area contributed by atoms with Gasteiger partial charge in [-0.25, -0.2) is 0 Å². The molecule has 0 aliphatic heterocycles. The maximum atomic E-state index is 12.2. The molecule has 1 aliphatic rings. The van der Waals surface area contributed by atoms with Gasteiger partial charge in [-0.15, -0.1) is 0 Å². The van der Waals surface area contributed by atoms with Crippen LogP contribution in [0.4, 0.5) is 0 Å². The van der Waals surface area contributed by atoms with Gasteiger partial charge in [0, 0.05) is 23.7 Å². The van der Waals surface area contributed by atoms with Crippen LogP contribution in [0.25, 0.3) is 11.4 Å². The third-order valence-electron chi connectivity index (χ3n) is 4.14. The number of hydrogen-bond acceptors (Lipinski definition) is 4. The third kappa shape index (κ3) is 4.26.